The molecule has 1 aliphatic rings. The molecule has 18 heavy (non-hydrogen) atoms. The molecule has 1 fully saturated rings. The molecule has 0 aromatic carbocycles. The van der Waals surface area contributed by atoms with Gasteiger partial charge in [-0.2, -0.15) is 0 Å². The first-order valence-corrected chi connectivity index (χ1v) is 5.77. The minimum absolute atomic E-state index is 0.0714. The summed E-state index contributed by atoms with van der Waals surface area (Å²) in [6.45, 7) is 1.53. The fraction of sp³-hybridized carbons (Fsp3) is 0.455. The van der Waals surface area contributed by atoms with Gasteiger partial charge in [0, 0.05) is 6.04 Å². The van der Waals surface area contributed by atoms with Gasteiger partial charge in [-0.05, 0) is 19.8 Å². The van der Waals surface area contributed by atoms with Gasteiger partial charge >= 0.3 is 5.69 Å². The van der Waals surface area contributed by atoms with Crippen LogP contribution in [0.5, 0.6) is 0 Å². The molecule has 0 amide bonds. The fourth-order valence-electron chi connectivity index (χ4n) is 2.12. The number of rotatable bonds is 3. The molecule has 1 aliphatic carbocycles. The fourth-order valence-corrected chi connectivity index (χ4v) is 2.12. The van der Waals surface area contributed by atoms with Gasteiger partial charge < -0.3 is 4.57 Å². The highest BCUT2D eigenvalue weighted by molar-refractivity contribution is 5.78. The van der Waals surface area contributed by atoms with Crippen molar-refractivity contribution in [3.63, 3.8) is 0 Å². The highest BCUT2D eigenvalue weighted by Gasteiger charge is 2.28. The standard InChI is InChI=1S/C11H12N4O3/c1-6(16)4-14-5-12-9-8(14)10(17)13-11(18)15(9)7-2-3-7/h5,7H,2-4H2,1H3,(H,13,17,18). The van der Waals surface area contributed by atoms with Gasteiger partial charge in [0.1, 0.15) is 5.78 Å². The highest BCUT2D eigenvalue weighted by Crippen LogP contribution is 2.34. The van der Waals surface area contributed by atoms with E-state index >= 15 is 0 Å². The quantitative estimate of drug-likeness (QED) is 0.815. The number of hydrogen-bond acceptors (Lipinski definition) is 4. The number of Topliss-reactive ketones (excluding diaryl/α,β-unsaturated/α-hetero) is 1. The van der Waals surface area contributed by atoms with Crippen LogP contribution in [0.15, 0.2) is 15.9 Å². The van der Waals surface area contributed by atoms with Crippen LogP contribution in [0.2, 0.25) is 0 Å². The van der Waals surface area contributed by atoms with Crippen molar-refractivity contribution in [2.24, 2.45) is 0 Å². The number of carbonyl (C=O) groups is 1. The molecule has 0 spiro atoms. The van der Waals surface area contributed by atoms with Gasteiger partial charge in [0.15, 0.2) is 11.2 Å². The number of H-pyrrole nitrogens is 1. The first-order chi connectivity index (χ1) is 8.58. The van der Waals surface area contributed by atoms with Crippen LogP contribution in [0, 0.1) is 0 Å². The maximum atomic E-state index is 11.8. The molecule has 94 valence electrons. The Bertz CT molecular complexity index is 748. The molecule has 7 heteroatoms. The first kappa shape index (κ1) is 10.9. The number of imidazole rings is 1. The summed E-state index contributed by atoms with van der Waals surface area (Å²) in [7, 11) is 0. The molecule has 1 N–H and O–H groups in total. The van der Waals surface area contributed by atoms with E-state index in [2.05, 4.69) is 9.97 Å². The summed E-state index contributed by atoms with van der Waals surface area (Å²) < 4.78 is 2.99. The van der Waals surface area contributed by atoms with E-state index in [1.807, 2.05) is 0 Å². The molecule has 0 bridgehead atoms. The summed E-state index contributed by atoms with van der Waals surface area (Å²) in [5, 5.41) is 0. The van der Waals surface area contributed by atoms with Gasteiger partial charge in [-0.3, -0.25) is 19.1 Å². The Labute approximate surface area is 101 Å². The highest BCUT2D eigenvalue weighted by atomic mass is 16.2. The Morgan fingerprint density at radius 3 is 2.83 bits per heavy atom. The van der Waals surface area contributed by atoms with Crippen molar-refractivity contribution >= 4 is 16.9 Å². The number of aromatic amines is 1. The van der Waals surface area contributed by atoms with Gasteiger partial charge in [-0.15, -0.1) is 0 Å². The van der Waals surface area contributed by atoms with Gasteiger partial charge in [0.05, 0.1) is 12.9 Å². The zero-order valence-electron chi connectivity index (χ0n) is 9.84. The van der Waals surface area contributed by atoms with Crippen molar-refractivity contribution < 1.29 is 4.79 Å². The summed E-state index contributed by atoms with van der Waals surface area (Å²) in [5.74, 6) is -0.0714. The number of nitrogens with zero attached hydrogens (tertiary/aromatic N) is 3. The molecule has 0 radical (unpaired) electrons. The van der Waals surface area contributed by atoms with Crippen LogP contribution in [-0.4, -0.2) is 24.9 Å². The third kappa shape index (κ3) is 1.59. The van der Waals surface area contributed by atoms with Gasteiger partial charge in [-0.25, -0.2) is 9.78 Å². The van der Waals surface area contributed by atoms with E-state index in [9.17, 15) is 14.4 Å². The van der Waals surface area contributed by atoms with Crippen LogP contribution in [-0.2, 0) is 11.3 Å². The minimum Gasteiger partial charge on any atom is -0.317 e. The Hall–Kier alpha value is -2.18. The zero-order chi connectivity index (χ0) is 12.9. The number of fused-ring (bicyclic) bond motifs is 1. The summed E-state index contributed by atoms with van der Waals surface area (Å²) in [6.07, 6.45) is 3.26. The van der Waals surface area contributed by atoms with Crippen LogP contribution >= 0.6 is 0 Å². The average Bonchev–Trinajstić information content (AvgIpc) is 3.00. The van der Waals surface area contributed by atoms with Crippen molar-refractivity contribution in [1.29, 1.82) is 0 Å². The maximum Gasteiger partial charge on any atom is 0.330 e. The zero-order valence-corrected chi connectivity index (χ0v) is 9.84. The molecule has 0 aliphatic heterocycles. The van der Waals surface area contributed by atoms with E-state index in [1.54, 1.807) is 0 Å². The Kier molecular flexibility index (Phi) is 2.22. The lowest BCUT2D eigenvalue weighted by Crippen LogP contribution is -2.30. The van der Waals surface area contributed by atoms with E-state index in [4.69, 9.17) is 0 Å². The normalized spacial score (nSPS) is 15.2. The molecule has 2 aromatic rings. The Balaban J connectivity index is 2.32. The van der Waals surface area contributed by atoms with Crippen LogP contribution in [0.3, 0.4) is 0 Å². The molecule has 0 saturated heterocycles. The van der Waals surface area contributed by atoms with E-state index in [0.717, 1.165) is 12.8 Å². The molecule has 2 heterocycles. The summed E-state index contributed by atoms with van der Waals surface area (Å²) in [4.78, 5) is 41.1. The molecule has 3 rings (SSSR count). The molecule has 0 atom stereocenters. The number of aromatic nitrogens is 4. The minimum atomic E-state index is -0.495. The summed E-state index contributed by atoms with van der Waals surface area (Å²) in [6, 6.07) is 0.123. The molecular formula is C11H12N4O3. The second-order valence-electron chi connectivity index (χ2n) is 4.61. The maximum absolute atomic E-state index is 11.8. The second kappa shape index (κ2) is 3.66. The molecule has 2 aromatic heterocycles. The second-order valence-corrected chi connectivity index (χ2v) is 4.61. The lowest BCUT2D eigenvalue weighted by molar-refractivity contribution is -0.117. The van der Waals surface area contributed by atoms with Gasteiger partial charge in [-0.1, -0.05) is 0 Å². The number of carbonyl (C=O) groups excluding carboxylic acids is 1. The van der Waals surface area contributed by atoms with Crippen molar-refractivity contribution in [2.75, 3.05) is 0 Å². The molecule has 0 unspecified atom stereocenters. The third-order valence-electron chi connectivity index (χ3n) is 3.01. The summed E-state index contributed by atoms with van der Waals surface area (Å²) >= 11 is 0. The van der Waals surface area contributed by atoms with E-state index in [-0.39, 0.29) is 23.9 Å². The number of ketones is 1. The SMILES string of the molecule is CC(=O)Cn1cnc2c1c(=O)[nH]c(=O)n2C1CC1. The Morgan fingerprint density at radius 1 is 1.50 bits per heavy atom. The smallest absolute Gasteiger partial charge is 0.317 e. The molecule has 7 nitrogen and oxygen atoms in total. The third-order valence-corrected chi connectivity index (χ3v) is 3.01. The largest absolute Gasteiger partial charge is 0.330 e. The molecule has 1 saturated carbocycles. The van der Waals surface area contributed by atoms with Crippen LogP contribution in [0.4, 0.5) is 0 Å². The van der Waals surface area contributed by atoms with E-state index in [0.29, 0.717) is 5.65 Å². The predicted molar refractivity (Wildman–Crippen MR) is 63.6 cm³/mol. The topological polar surface area (TPSA) is 89.8 Å². The van der Waals surface area contributed by atoms with Crippen LogP contribution in [0.25, 0.3) is 11.2 Å². The number of nitrogens with one attached hydrogen (secondary N) is 1. The van der Waals surface area contributed by atoms with E-state index in [1.165, 1.54) is 22.4 Å². The van der Waals surface area contributed by atoms with Crippen molar-refractivity contribution in [3.05, 3.63) is 27.2 Å². The average molecular weight is 248 g/mol. The van der Waals surface area contributed by atoms with Crippen LogP contribution in [0.1, 0.15) is 25.8 Å². The first-order valence-electron chi connectivity index (χ1n) is 5.77. The lowest BCUT2D eigenvalue weighted by Gasteiger charge is -2.04. The monoisotopic (exact) mass is 248 g/mol. The number of hydrogen-bond donors (Lipinski definition) is 1. The lowest BCUT2D eigenvalue weighted by atomic mass is 10.4. The predicted octanol–water partition coefficient (Wildman–Crippen LogP) is -0.190. The van der Waals surface area contributed by atoms with Gasteiger partial charge in [0.2, 0.25) is 0 Å². The van der Waals surface area contributed by atoms with E-state index < -0.39 is 11.2 Å². The van der Waals surface area contributed by atoms with Gasteiger partial charge in [0.25, 0.3) is 5.56 Å². The molecular weight excluding hydrogens is 236 g/mol. The van der Waals surface area contributed by atoms with Crippen molar-refractivity contribution in [1.82, 2.24) is 19.1 Å². The summed E-state index contributed by atoms with van der Waals surface area (Å²) in [5.41, 5.74) is -0.266. The van der Waals surface area contributed by atoms with Crippen LogP contribution < -0.4 is 11.2 Å². The van der Waals surface area contributed by atoms with Crippen molar-refractivity contribution in [2.45, 2.75) is 32.4 Å². The Morgan fingerprint density at radius 2 is 2.22 bits per heavy atom. The van der Waals surface area contributed by atoms with Crippen molar-refractivity contribution in [3.8, 4) is 0 Å².